The summed E-state index contributed by atoms with van der Waals surface area (Å²) in [4.78, 5) is 23.8. The number of fused-ring (bicyclic) bond motifs is 1. The molecule has 0 radical (unpaired) electrons. The molecular weight excluding hydrogens is 348 g/mol. The molecule has 1 aliphatic heterocycles. The van der Waals surface area contributed by atoms with Crippen molar-refractivity contribution >= 4 is 5.65 Å². The largest absolute Gasteiger partial charge is 0.384 e. The molecule has 0 bridgehead atoms. The lowest BCUT2D eigenvalue weighted by molar-refractivity contribution is 0.110. The van der Waals surface area contributed by atoms with Crippen LogP contribution in [0.5, 0.6) is 0 Å². The maximum Gasteiger partial charge on any atom is 0.272 e. The molecule has 4 heterocycles. The summed E-state index contributed by atoms with van der Waals surface area (Å²) >= 11 is 0. The van der Waals surface area contributed by atoms with Gasteiger partial charge in [-0.2, -0.15) is 4.98 Å². The van der Waals surface area contributed by atoms with Crippen LogP contribution in [-0.4, -0.2) is 49.9 Å². The number of likely N-dealkylation sites (tertiary alicyclic amines) is 1. The number of nitrogens with one attached hydrogen (secondary N) is 1. The van der Waals surface area contributed by atoms with Crippen LogP contribution in [0.25, 0.3) is 5.65 Å². The van der Waals surface area contributed by atoms with Crippen molar-refractivity contribution in [2.24, 2.45) is 0 Å². The second-order valence-electron chi connectivity index (χ2n) is 6.99. The van der Waals surface area contributed by atoms with E-state index in [2.05, 4.69) is 25.1 Å². The summed E-state index contributed by atoms with van der Waals surface area (Å²) in [6.45, 7) is 3.96. The highest BCUT2D eigenvalue weighted by atomic mass is 16.5. The van der Waals surface area contributed by atoms with E-state index in [1.54, 1.807) is 13.2 Å². The molecule has 3 aromatic heterocycles. The molecule has 1 atom stereocenters. The molecule has 0 saturated carbocycles. The van der Waals surface area contributed by atoms with Gasteiger partial charge in [0.25, 0.3) is 5.56 Å². The quantitative estimate of drug-likeness (QED) is 0.702. The Hall–Kier alpha value is -2.52. The van der Waals surface area contributed by atoms with Crippen LogP contribution in [0.4, 0.5) is 0 Å². The van der Waals surface area contributed by atoms with E-state index in [4.69, 9.17) is 9.26 Å². The molecule has 27 heavy (non-hydrogen) atoms. The van der Waals surface area contributed by atoms with Crippen LogP contribution in [0.1, 0.15) is 48.4 Å². The fraction of sp³-hybridized carbons (Fsp3) is 0.556. The molecule has 0 unspecified atom stereocenters. The number of aromatic nitrogens is 5. The molecule has 0 aromatic carbocycles. The normalized spacial score (nSPS) is 18.4. The van der Waals surface area contributed by atoms with Gasteiger partial charge in [0.05, 0.1) is 18.3 Å². The lowest BCUT2D eigenvalue weighted by atomic mass is 10.0. The molecule has 3 aromatic rings. The number of hydrogen-bond acceptors (Lipinski definition) is 7. The van der Waals surface area contributed by atoms with Gasteiger partial charge in [-0.1, -0.05) is 11.6 Å². The summed E-state index contributed by atoms with van der Waals surface area (Å²) in [5, 5.41) is 7.06. The van der Waals surface area contributed by atoms with Crippen LogP contribution in [-0.2, 0) is 17.7 Å². The molecule has 1 fully saturated rings. The number of ether oxygens (including phenoxy) is 1. The minimum Gasteiger partial charge on any atom is -0.384 e. The zero-order chi connectivity index (χ0) is 18.8. The molecule has 0 spiro atoms. The van der Waals surface area contributed by atoms with E-state index in [1.165, 1.54) is 4.52 Å². The monoisotopic (exact) mass is 372 g/mol. The summed E-state index contributed by atoms with van der Waals surface area (Å²) in [6, 6.07) is 3.52. The highest BCUT2D eigenvalue weighted by Crippen LogP contribution is 2.31. The van der Waals surface area contributed by atoms with Crippen molar-refractivity contribution in [3.8, 4) is 0 Å². The van der Waals surface area contributed by atoms with Gasteiger partial charge < -0.3 is 9.26 Å². The van der Waals surface area contributed by atoms with Gasteiger partial charge in [-0.3, -0.25) is 14.8 Å². The van der Waals surface area contributed by atoms with E-state index >= 15 is 0 Å². The minimum atomic E-state index is -0.101. The Morgan fingerprint density at radius 3 is 3.07 bits per heavy atom. The second kappa shape index (κ2) is 7.61. The van der Waals surface area contributed by atoms with Gasteiger partial charge in [0.15, 0.2) is 11.5 Å². The Morgan fingerprint density at radius 1 is 1.33 bits per heavy atom. The van der Waals surface area contributed by atoms with E-state index in [9.17, 15) is 4.79 Å². The molecule has 1 N–H and O–H groups in total. The van der Waals surface area contributed by atoms with Crippen LogP contribution in [0.3, 0.4) is 0 Å². The average Bonchev–Trinajstić information content (AvgIpc) is 3.27. The summed E-state index contributed by atoms with van der Waals surface area (Å²) in [5.41, 5.74) is 2.20. The highest BCUT2D eigenvalue weighted by Gasteiger charge is 2.29. The first-order valence-electron chi connectivity index (χ1n) is 9.28. The average molecular weight is 372 g/mol. The van der Waals surface area contributed by atoms with E-state index in [0.29, 0.717) is 36.9 Å². The van der Waals surface area contributed by atoms with Crippen LogP contribution < -0.4 is 5.56 Å². The number of aryl methyl sites for hydroxylation is 1. The van der Waals surface area contributed by atoms with Crippen molar-refractivity contribution in [1.82, 2.24) is 29.6 Å². The Bertz CT molecular complexity index is 975. The van der Waals surface area contributed by atoms with Crippen LogP contribution >= 0.6 is 0 Å². The van der Waals surface area contributed by atoms with E-state index in [1.807, 2.05) is 13.0 Å². The van der Waals surface area contributed by atoms with Gasteiger partial charge in [-0.05, 0) is 26.3 Å². The molecule has 9 nitrogen and oxygen atoms in total. The molecule has 0 aliphatic carbocycles. The first-order chi connectivity index (χ1) is 13.1. The van der Waals surface area contributed by atoms with Crippen molar-refractivity contribution < 1.29 is 9.26 Å². The standard InChI is InChI=1S/C18H24N6O3/c1-12-9-16-19-13(10-17(25)24(16)21-12)11-23-7-4-3-5-14(23)18-20-15(22-27-18)6-8-26-2/h9-10,14,21H,3-8,11H2,1-2H3/t14-/m0/s1. The van der Waals surface area contributed by atoms with Crippen molar-refractivity contribution in [3.63, 3.8) is 0 Å². The summed E-state index contributed by atoms with van der Waals surface area (Å²) in [5.74, 6) is 1.30. The van der Waals surface area contributed by atoms with Gasteiger partial charge in [-0.25, -0.2) is 9.50 Å². The summed E-state index contributed by atoms with van der Waals surface area (Å²) in [7, 11) is 1.65. The third-order valence-electron chi connectivity index (χ3n) is 4.91. The van der Waals surface area contributed by atoms with E-state index < -0.39 is 0 Å². The zero-order valence-electron chi connectivity index (χ0n) is 15.6. The number of rotatable bonds is 6. The first kappa shape index (κ1) is 17.9. The lowest BCUT2D eigenvalue weighted by Gasteiger charge is -2.32. The third-order valence-corrected chi connectivity index (χ3v) is 4.91. The Kier molecular flexibility index (Phi) is 5.04. The summed E-state index contributed by atoms with van der Waals surface area (Å²) in [6.07, 6.45) is 3.81. The third kappa shape index (κ3) is 3.79. The molecule has 4 rings (SSSR count). The molecular formula is C18H24N6O3. The number of nitrogens with zero attached hydrogens (tertiary/aromatic N) is 5. The van der Waals surface area contributed by atoms with Crippen molar-refractivity contribution in [3.05, 3.63) is 45.6 Å². The molecule has 1 aliphatic rings. The van der Waals surface area contributed by atoms with E-state index in [0.717, 1.165) is 37.2 Å². The number of piperidine rings is 1. The molecule has 1 saturated heterocycles. The lowest BCUT2D eigenvalue weighted by Crippen LogP contribution is -2.34. The maximum atomic E-state index is 12.3. The van der Waals surface area contributed by atoms with Crippen molar-refractivity contribution in [2.45, 2.75) is 45.2 Å². The Labute approximate surface area is 156 Å². The van der Waals surface area contributed by atoms with Crippen molar-refractivity contribution in [2.75, 3.05) is 20.3 Å². The first-order valence-corrected chi connectivity index (χ1v) is 9.28. The van der Waals surface area contributed by atoms with Gasteiger partial charge in [0.2, 0.25) is 5.89 Å². The smallest absolute Gasteiger partial charge is 0.272 e. The number of H-pyrrole nitrogens is 1. The fourth-order valence-electron chi connectivity index (χ4n) is 3.61. The number of hydrogen-bond donors (Lipinski definition) is 1. The SMILES string of the molecule is COCCc1noc([C@@H]2CCCCN2Cc2cc(=O)n3[nH]c(C)cc3n2)n1. The van der Waals surface area contributed by atoms with Crippen LogP contribution in [0.2, 0.25) is 0 Å². The zero-order valence-corrected chi connectivity index (χ0v) is 15.6. The minimum absolute atomic E-state index is 0.0516. The van der Waals surface area contributed by atoms with Gasteiger partial charge in [-0.15, -0.1) is 0 Å². The van der Waals surface area contributed by atoms with Gasteiger partial charge in [0.1, 0.15) is 0 Å². The number of methoxy groups -OCH3 is 1. The molecule has 0 amide bonds. The van der Waals surface area contributed by atoms with Crippen molar-refractivity contribution in [1.29, 1.82) is 0 Å². The molecule has 144 valence electrons. The van der Waals surface area contributed by atoms with Crippen LogP contribution in [0.15, 0.2) is 21.5 Å². The van der Waals surface area contributed by atoms with Gasteiger partial charge >= 0.3 is 0 Å². The maximum absolute atomic E-state index is 12.3. The van der Waals surface area contributed by atoms with Crippen LogP contribution in [0, 0.1) is 6.92 Å². The Morgan fingerprint density at radius 2 is 2.22 bits per heavy atom. The Balaban J connectivity index is 1.56. The van der Waals surface area contributed by atoms with Gasteiger partial charge in [0, 0.05) is 37.9 Å². The van der Waals surface area contributed by atoms with E-state index in [-0.39, 0.29) is 11.6 Å². The predicted octanol–water partition coefficient (Wildman–Crippen LogP) is 1.63. The summed E-state index contributed by atoms with van der Waals surface area (Å²) < 4.78 is 12.1. The highest BCUT2D eigenvalue weighted by molar-refractivity contribution is 5.39. The second-order valence-corrected chi connectivity index (χ2v) is 6.99. The topological polar surface area (TPSA) is 102 Å². The fourth-order valence-corrected chi connectivity index (χ4v) is 3.61. The number of aromatic amines is 1. The molecule has 9 heteroatoms. The predicted molar refractivity (Wildman–Crippen MR) is 97.4 cm³/mol.